The van der Waals surface area contributed by atoms with E-state index in [4.69, 9.17) is 15.2 Å². The molecule has 3 heterocycles. The molecular weight excluding hydrogens is 326 g/mol. The molecule has 1 fully saturated rings. The molecule has 0 amide bonds. The molecule has 1 atom stereocenters. The highest BCUT2D eigenvalue weighted by atomic mass is 19.2. The van der Waals surface area contributed by atoms with E-state index in [2.05, 4.69) is 0 Å². The molecule has 2 aliphatic heterocycles. The molecule has 1 spiro atoms. The summed E-state index contributed by atoms with van der Waals surface area (Å²) in [6.07, 6.45) is 1.60. The number of anilines is 1. The van der Waals surface area contributed by atoms with Gasteiger partial charge in [-0.25, -0.2) is 9.18 Å². The number of carboxylic acid groups (broad SMARTS) is 1. The number of pyridine rings is 1. The molecule has 126 valence electrons. The maximum absolute atomic E-state index is 14.2. The van der Waals surface area contributed by atoms with E-state index in [1.165, 1.54) is 4.57 Å². The number of benzene rings is 1. The summed E-state index contributed by atoms with van der Waals surface area (Å²) in [5.41, 5.74) is 2.47. The zero-order chi connectivity index (χ0) is 17.2. The first kappa shape index (κ1) is 14.9. The number of nitrogens with zero attached hydrogens (tertiary/aromatic N) is 1. The maximum Gasteiger partial charge on any atom is 0.341 e. The second kappa shape index (κ2) is 4.67. The Morgan fingerprint density at radius 3 is 2.71 bits per heavy atom. The van der Waals surface area contributed by atoms with Crippen LogP contribution in [0.15, 0.2) is 11.0 Å². The molecule has 1 aromatic heterocycles. The van der Waals surface area contributed by atoms with Crippen LogP contribution >= 0.6 is 0 Å². The fraction of sp³-hybridized carbons (Fsp3) is 0.333. The molecule has 24 heavy (non-hydrogen) atoms. The number of rotatable bonds is 1. The average Bonchev–Trinajstić information content (AvgIpc) is 3.01. The molecule has 2 aromatic rings. The predicted molar refractivity (Wildman–Crippen MR) is 78.4 cm³/mol. The fourth-order valence-electron chi connectivity index (χ4n) is 3.35. The molecule has 1 aromatic carbocycles. The maximum atomic E-state index is 14.2. The fourth-order valence-corrected chi connectivity index (χ4v) is 3.35. The number of nitrogen functional groups attached to an aromatic ring is 1. The highest BCUT2D eigenvalue weighted by Gasteiger charge is 2.44. The summed E-state index contributed by atoms with van der Waals surface area (Å²) in [5, 5.41) is 8.90. The third-order valence-corrected chi connectivity index (χ3v) is 4.63. The Kier molecular flexibility index (Phi) is 2.89. The van der Waals surface area contributed by atoms with Crippen LogP contribution in [0, 0.1) is 11.6 Å². The lowest BCUT2D eigenvalue weighted by Crippen LogP contribution is -2.44. The lowest BCUT2D eigenvalue weighted by atomic mass is 9.95. The summed E-state index contributed by atoms with van der Waals surface area (Å²) in [4.78, 5) is 23.9. The van der Waals surface area contributed by atoms with Crippen LogP contribution in [0.1, 0.15) is 16.8 Å². The van der Waals surface area contributed by atoms with Crippen LogP contribution in [0.4, 0.5) is 14.5 Å². The van der Waals surface area contributed by atoms with Gasteiger partial charge < -0.3 is 24.9 Å². The number of fused-ring (bicyclic) bond motifs is 1. The summed E-state index contributed by atoms with van der Waals surface area (Å²) in [6.45, 7) is 0.563. The van der Waals surface area contributed by atoms with Crippen molar-refractivity contribution in [2.45, 2.75) is 12.0 Å². The van der Waals surface area contributed by atoms with Crippen LogP contribution in [-0.2, 0) is 10.3 Å². The summed E-state index contributed by atoms with van der Waals surface area (Å²) >= 11 is 0. The van der Waals surface area contributed by atoms with Gasteiger partial charge in [0.15, 0.2) is 11.6 Å². The zero-order valence-corrected chi connectivity index (χ0v) is 12.3. The number of ether oxygens (including phenoxy) is 2. The Morgan fingerprint density at radius 2 is 2.08 bits per heavy atom. The van der Waals surface area contributed by atoms with E-state index in [1.807, 2.05) is 0 Å². The topological polar surface area (TPSA) is 104 Å². The Balaban J connectivity index is 2.25. The van der Waals surface area contributed by atoms with E-state index < -0.39 is 51.0 Å². The molecule has 3 N–H and O–H groups in total. The number of carboxylic acids is 1. The monoisotopic (exact) mass is 338 g/mol. The van der Waals surface area contributed by atoms with E-state index in [9.17, 15) is 23.5 Å². The minimum absolute atomic E-state index is 0.0304. The third kappa shape index (κ3) is 1.67. The van der Waals surface area contributed by atoms with E-state index in [-0.39, 0.29) is 18.7 Å². The van der Waals surface area contributed by atoms with Gasteiger partial charge in [-0.05, 0) is 6.42 Å². The highest BCUT2D eigenvalue weighted by molar-refractivity contribution is 6.00. The second-order valence-corrected chi connectivity index (χ2v) is 5.96. The Morgan fingerprint density at radius 1 is 1.33 bits per heavy atom. The van der Waals surface area contributed by atoms with Crippen LogP contribution in [0.3, 0.4) is 0 Å². The van der Waals surface area contributed by atoms with Gasteiger partial charge in [0, 0.05) is 12.8 Å². The van der Waals surface area contributed by atoms with Gasteiger partial charge in [-0.3, -0.25) is 4.79 Å². The van der Waals surface area contributed by atoms with Gasteiger partial charge in [0.1, 0.15) is 23.2 Å². The van der Waals surface area contributed by atoms with Crippen LogP contribution in [0.2, 0.25) is 0 Å². The lowest BCUT2D eigenvalue weighted by molar-refractivity contribution is 0.0690. The first-order valence-corrected chi connectivity index (χ1v) is 7.17. The van der Waals surface area contributed by atoms with Crippen molar-refractivity contribution in [1.29, 1.82) is 0 Å². The molecule has 0 aliphatic carbocycles. The second-order valence-electron chi connectivity index (χ2n) is 5.96. The van der Waals surface area contributed by atoms with Gasteiger partial charge >= 0.3 is 5.97 Å². The molecular formula is C15H12F2N2O5. The summed E-state index contributed by atoms with van der Waals surface area (Å²) in [5.74, 6) is -4.65. The highest BCUT2D eigenvalue weighted by Crippen LogP contribution is 2.43. The first-order valence-electron chi connectivity index (χ1n) is 7.17. The lowest BCUT2D eigenvalue weighted by Gasteiger charge is -2.37. The molecule has 1 saturated heterocycles. The largest absolute Gasteiger partial charge is 0.486 e. The smallest absolute Gasteiger partial charge is 0.341 e. The Labute approximate surface area is 133 Å². The number of hydrogen-bond donors (Lipinski definition) is 2. The van der Waals surface area contributed by atoms with Crippen molar-refractivity contribution in [1.82, 2.24) is 4.57 Å². The summed E-state index contributed by atoms with van der Waals surface area (Å²) in [6, 6.07) is 0. The number of aromatic carboxylic acids is 1. The van der Waals surface area contributed by atoms with Crippen molar-refractivity contribution in [3.05, 3.63) is 33.6 Å². The molecule has 0 saturated carbocycles. The standard InChI is InChI=1S/C15H12F2N2O5/c16-8-9(17)13-11-7(10(8)18)12(20)6(14(21)22)3-19(11)15(5-24-13)1-2-23-4-15/h3H,1-2,4-5,18H2,(H,21,22). The SMILES string of the molecule is Nc1c(F)c(F)c2c3c1c(=O)c(C(=O)O)cn3C1(CCOC1)CO2. The minimum Gasteiger partial charge on any atom is -0.486 e. The molecule has 2 aliphatic rings. The van der Waals surface area contributed by atoms with Crippen LogP contribution in [0.5, 0.6) is 5.75 Å². The van der Waals surface area contributed by atoms with Gasteiger partial charge in [-0.15, -0.1) is 0 Å². The summed E-state index contributed by atoms with van der Waals surface area (Å²) in [7, 11) is 0. The molecule has 0 radical (unpaired) electrons. The van der Waals surface area contributed by atoms with Crippen molar-refractivity contribution < 1.29 is 28.2 Å². The van der Waals surface area contributed by atoms with Gasteiger partial charge in [0.05, 0.1) is 17.7 Å². The number of nitrogens with two attached hydrogens (primary N) is 1. The first-order chi connectivity index (χ1) is 11.4. The quantitative estimate of drug-likeness (QED) is 0.754. The number of halogens is 2. The molecule has 0 bridgehead atoms. The van der Waals surface area contributed by atoms with E-state index >= 15 is 0 Å². The van der Waals surface area contributed by atoms with Crippen molar-refractivity contribution in [2.75, 3.05) is 25.6 Å². The molecule has 1 unspecified atom stereocenters. The van der Waals surface area contributed by atoms with Gasteiger partial charge in [0.2, 0.25) is 11.2 Å². The average molecular weight is 338 g/mol. The van der Waals surface area contributed by atoms with E-state index in [0.717, 1.165) is 6.20 Å². The third-order valence-electron chi connectivity index (χ3n) is 4.63. The van der Waals surface area contributed by atoms with Crippen molar-refractivity contribution in [2.24, 2.45) is 0 Å². The van der Waals surface area contributed by atoms with Crippen molar-refractivity contribution in [3.63, 3.8) is 0 Å². The van der Waals surface area contributed by atoms with Gasteiger partial charge in [0.25, 0.3) is 0 Å². The van der Waals surface area contributed by atoms with E-state index in [1.54, 1.807) is 0 Å². The van der Waals surface area contributed by atoms with Crippen LogP contribution in [0.25, 0.3) is 10.9 Å². The number of hydrogen-bond acceptors (Lipinski definition) is 5. The molecule has 4 rings (SSSR count). The summed E-state index contributed by atoms with van der Waals surface area (Å²) < 4.78 is 40.5. The Bertz CT molecular complexity index is 963. The van der Waals surface area contributed by atoms with Gasteiger partial charge in [-0.2, -0.15) is 4.39 Å². The number of aromatic nitrogens is 1. The minimum atomic E-state index is -1.48. The van der Waals surface area contributed by atoms with Crippen LogP contribution < -0.4 is 15.9 Å². The van der Waals surface area contributed by atoms with Crippen LogP contribution in [-0.4, -0.2) is 35.5 Å². The zero-order valence-electron chi connectivity index (χ0n) is 12.3. The molecule has 7 nitrogen and oxygen atoms in total. The number of carbonyl (C=O) groups is 1. The normalized spacial score (nSPS) is 22.1. The van der Waals surface area contributed by atoms with Crippen molar-refractivity contribution >= 4 is 22.6 Å². The molecule has 9 heteroatoms. The van der Waals surface area contributed by atoms with E-state index in [0.29, 0.717) is 13.0 Å². The Hall–Kier alpha value is -2.68. The van der Waals surface area contributed by atoms with Crippen molar-refractivity contribution in [3.8, 4) is 5.75 Å². The predicted octanol–water partition coefficient (Wildman–Crippen LogP) is 1.07. The van der Waals surface area contributed by atoms with Gasteiger partial charge in [-0.1, -0.05) is 0 Å².